The third-order valence-corrected chi connectivity index (χ3v) is 12.5. The first-order valence-corrected chi connectivity index (χ1v) is 22.7. The molecule has 2 saturated carbocycles. The molecule has 0 spiro atoms. The molecule has 4 atom stereocenters. The summed E-state index contributed by atoms with van der Waals surface area (Å²) in [6.45, 7) is 0.668. The summed E-state index contributed by atoms with van der Waals surface area (Å²) in [4.78, 5) is 66.2. The molecule has 0 saturated heterocycles. The normalized spacial score (nSPS) is 17.2. The van der Waals surface area contributed by atoms with Crippen LogP contribution in [-0.2, 0) is 22.8 Å². The van der Waals surface area contributed by atoms with Crippen LogP contribution >= 0.6 is 0 Å². The number of aromatic nitrogens is 3. The van der Waals surface area contributed by atoms with Crippen LogP contribution in [0.4, 0.5) is 0 Å². The topological polar surface area (TPSA) is 200 Å². The summed E-state index contributed by atoms with van der Waals surface area (Å²) >= 11 is 0. The van der Waals surface area contributed by atoms with E-state index in [4.69, 9.17) is 18.3 Å². The fraction of sp³-hybridized carbons (Fsp3) is 0.353. The first kappa shape index (κ1) is 45.3. The molecule has 1 aromatic carbocycles. The zero-order valence-corrected chi connectivity index (χ0v) is 37.2. The van der Waals surface area contributed by atoms with Crippen LogP contribution in [0.1, 0.15) is 102 Å². The minimum Gasteiger partial charge on any atom is -0.487 e. The van der Waals surface area contributed by atoms with Gasteiger partial charge in [-0.05, 0) is 116 Å². The molecule has 342 valence electrons. The number of hydrogen-bond donors (Lipinski definition) is 4. The quantitative estimate of drug-likeness (QED) is 0.0697. The Morgan fingerprint density at radius 2 is 1.17 bits per heavy atom. The molecule has 2 aliphatic rings. The van der Waals surface area contributed by atoms with E-state index in [1.54, 1.807) is 81.2 Å². The van der Waals surface area contributed by atoms with Crippen molar-refractivity contribution >= 4 is 23.6 Å². The molecular weight excluding hydrogens is 839 g/mol. The zero-order valence-electron chi connectivity index (χ0n) is 37.2. The largest absolute Gasteiger partial charge is 0.487 e. The highest BCUT2D eigenvalue weighted by molar-refractivity contribution is 5.96. The number of likely N-dealkylation sites (N-methyl/N-ethyl adjacent to an activating group) is 2. The Bertz CT molecular complexity index is 2570. The van der Waals surface area contributed by atoms with Gasteiger partial charge in [-0.25, -0.2) is 9.97 Å². The van der Waals surface area contributed by atoms with Gasteiger partial charge in [0.25, 0.3) is 11.8 Å². The minimum absolute atomic E-state index is 0.0804. The second-order valence-electron chi connectivity index (χ2n) is 16.9. The molecule has 6 aromatic rings. The molecule has 2 aliphatic carbocycles. The zero-order chi connectivity index (χ0) is 45.8. The van der Waals surface area contributed by atoms with Crippen LogP contribution in [0.5, 0.6) is 11.5 Å². The average Bonchev–Trinajstić information content (AvgIpc) is 4.09. The number of nitrogens with one attached hydrogen (secondary N) is 4. The molecule has 4 N–H and O–H groups in total. The second kappa shape index (κ2) is 21.6. The Morgan fingerprint density at radius 3 is 1.73 bits per heavy atom. The highest BCUT2D eigenvalue weighted by Gasteiger charge is 2.35. The van der Waals surface area contributed by atoms with Crippen LogP contribution in [0.3, 0.4) is 0 Å². The number of amides is 4. The monoisotopic (exact) mass is 893 g/mol. The number of furan rings is 2. The summed E-state index contributed by atoms with van der Waals surface area (Å²) in [5.74, 6) is 0.838. The Kier molecular flexibility index (Phi) is 14.8. The Balaban J connectivity index is 0.841. The second-order valence-corrected chi connectivity index (χ2v) is 16.9. The molecule has 66 heavy (non-hydrogen) atoms. The molecule has 5 aromatic heterocycles. The van der Waals surface area contributed by atoms with Gasteiger partial charge in [0, 0.05) is 32.1 Å². The summed E-state index contributed by atoms with van der Waals surface area (Å²) in [6.07, 6.45) is 15.1. The van der Waals surface area contributed by atoms with Gasteiger partial charge in [0.05, 0.1) is 12.4 Å². The van der Waals surface area contributed by atoms with E-state index in [9.17, 15) is 19.2 Å². The predicted molar refractivity (Wildman–Crippen MR) is 245 cm³/mol. The Labute approximate surface area is 383 Å². The van der Waals surface area contributed by atoms with Gasteiger partial charge in [-0.2, -0.15) is 0 Å². The summed E-state index contributed by atoms with van der Waals surface area (Å²) in [5, 5.41) is 11.3. The van der Waals surface area contributed by atoms with Crippen molar-refractivity contribution in [3.05, 3.63) is 138 Å². The first-order chi connectivity index (χ1) is 32.2. The van der Waals surface area contributed by atoms with Crippen LogP contribution in [0.2, 0.25) is 0 Å². The fourth-order valence-electron chi connectivity index (χ4n) is 8.97. The van der Waals surface area contributed by atoms with Crippen molar-refractivity contribution in [1.29, 1.82) is 0 Å². The smallest absolute Gasteiger partial charge is 0.287 e. The van der Waals surface area contributed by atoms with Crippen LogP contribution < -0.4 is 30.7 Å². The minimum atomic E-state index is -0.773. The fourth-order valence-corrected chi connectivity index (χ4v) is 8.97. The maximum atomic E-state index is 13.6. The number of ether oxygens (including phenoxy) is 2. The number of carbonyl (C=O) groups is 4. The molecular formula is C51H55N7O8. The van der Waals surface area contributed by atoms with Gasteiger partial charge in [0.15, 0.2) is 23.0 Å². The van der Waals surface area contributed by atoms with Crippen molar-refractivity contribution < 1.29 is 37.5 Å². The number of rotatable bonds is 17. The lowest BCUT2D eigenvalue weighted by molar-refractivity contribution is -0.124. The SMILES string of the molecule is CNC(=O)C(NC(=O)c1ccc(-c2ccc(OCc3cncc(C4CCCC(C(NC(=O)c5ccc(-c6ccc(OCc7ccccc7)cn6)o5)C(=O)NC)C4)c3)cn2)o1)C1CCCCC1. The molecule has 8 rings (SSSR count). The molecule has 2 fully saturated rings. The third-order valence-electron chi connectivity index (χ3n) is 12.5. The van der Waals surface area contributed by atoms with Gasteiger partial charge in [-0.15, -0.1) is 0 Å². The number of nitrogens with zero attached hydrogens (tertiary/aromatic N) is 3. The van der Waals surface area contributed by atoms with E-state index >= 15 is 0 Å². The lowest BCUT2D eigenvalue weighted by Gasteiger charge is -2.34. The highest BCUT2D eigenvalue weighted by Crippen LogP contribution is 2.38. The summed E-state index contributed by atoms with van der Waals surface area (Å²) < 4.78 is 23.8. The van der Waals surface area contributed by atoms with Crippen LogP contribution in [0.15, 0.2) is 119 Å². The van der Waals surface area contributed by atoms with Crippen molar-refractivity contribution in [3.63, 3.8) is 0 Å². The molecule has 15 nitrogen and oxygen atoms in total. The van der Waals surface area contributed by atoms with E-state index in [1.807, 2.05) is 36.5 Å². The van der Waals surface area contributed by atoms with Crippen molar-refractivity contribution in [2.75, 3.05) is 14.1 Å². The molecule has 0 bridgehead atoms. The standard InChI is InChI=1S/C51H55N7O8/c1-52-50(61)46(34-12-7-4-8-13-34)57-48(59)44-22-20-42(65-44)41-19-17-39(29-56-41)64-31-33-24-37(27-54-26-33)35-14-9-15-36(25-35)47(51(62)53-2)58-49(60)45-23-21-43(66-45)40-18-16-38(28-55-40)63-30-32-10-5-3-6-11-32/h3,5-6,10-11,16-24,26-29,34-36,46-47H,4,7-9,12-15,25,30-31H2,1-2H3,(H,52,61)(H,53,62)(H,57,59)(H,58,60). The molecule has 4 unspecified atom stereocenters. The Hall–Kier alpha value is -7.29. The average molecular weight is 894 g/mol. The number of benzene rings is 1. The summed E-state index contributed by atoms with van der Waals surface area (Å²) in [6, 6.07) is 24.2. The predicted octanol–water partition coefficient (Wildman–Crippen LogP) is 7.79. The highest BCUT2D eigenvalue weighted by atomic mass is 16.5. The van der Waals surface area contributed by atoms with Gasteiger partial charge < -0.3 is 39.6 Å². The molecule has 0 radical (unpaired) electrons. The first-order valence-electron chi connectivity index (χ1n) is 22.7. The lowest BCUT2D eigenvalue weighted by atomic mass is 9.75. The van der Waals surface area contributed by atoms with E-state index in [1.165, 1.54) is 0 Å². The van der Waals surface area contributed by atoms with Gasteiger partial charge in [-0.1, -0.05) is 56.0 Å². The summed E-state index contributed by atoms with van der Waals surface area (Å²) in [5.41, 5.74) is 4.02. The maximum Gasteiger partial charge on any atom is 0.287 e. The van der Waals surface area contributed by atoms with Crippen molar-refractivity contribution in [3.8, 4) is 34.4 Å². The van der Waals surface area contributed by atoms with Gasteiger partial charge in [0.2, 0.25) is 11.8 Å². The lowest BCUT2D eigenvalue weighted by Crippen LogP contribution is -2.51. The van der Waals surface area contributed by atoms with Crippen molar-refractivity contribution in [2.45, 2.75) is 89.0 Å². The van der Waals surface area contributed by atoms with Gasteiger partial charge >= 0.3 is 0 Å². The van der Waals surface area contributed by atoms with Crippen molar-refractivity contribution in [2.24, 2.45) is 11.8 Å². The molecule has 4 amide bonds. The molecule has 5 heterocycles. The van der Waals surface area contributed by atoms with E-state index in [-0.39, 0.29) is 47.7 Å². The van der Waals surface area contributed by atoms with Gasteiger partial charge in [-0.3, -0.25) is 24.2 Å². The third kappa shape index (κ3) is 11.3. The van der Waals surface area contributed by atoms with Crippen LogP contribution in [0, 0.1) is 11.8 Å². The van der Waals surface area contributed by atoms with E-state index < -0.39 is 23.9 Å². The van der Waals surface area contributed by atoms with Gasteiger partial charge in [0.1, 0.15) is 48.2 Å². The number of pyridine rings is 3. The summed E-state index contributed by atoms with van der Waals surface area (Å²) in [7, 11) is 3.15. The van der Waals surface area contributed by atoms with Crippen molar-refractivity contribution in [1.82, 2.24) is 36.2 Å². The molecule has 0 aliphatic heterocycles. The van der Waals surface area contributed by atoms with E-state index in [0.29, 0.717) is 47.4 Å². The Morgan fingerprint density at radius 1 is 0.606 bits per heavy atom. The van der Waals surface area contributed by atoms with Crippen LogP contribution in [0.25, 0.3) is 22.9 Å². The number of hydrogen-bond acceptors (Lipinski definition) is 11. The number of carbonyl (C=O) groups excluding carboxylic acids is 4. The molecule has 15 heteroatoms. The van der Waals surface area contributed by atoms with E-state index in [2.05, 4.69) is 42.3 Å². The van der Waals surface area contributed by atoms with Crippen LogP contribution in [-0.4, -0.2) is 64.8 Å². The maximum absolute atomic E-state index is 13.6. The van der Waals surface area contributed by atoms with E-state index in [0.717, 1.165) is 68.1 Å².